The molecule has 0 aromatic heterocycles. The third-order valence-electron chi connectivity index (χ3n) is 6.47. The highest BCUT2D eigenvalue weighted by Crippen LogP contribution is 2.59. The number of benzene rings is 1. The van der Waals surface area contributed by atoms with Crippen LogP contribution in [0.5, 0.6) is 5.75 Å². The number of ether oxygens (including phenoxy) is 2. The van der Waals surface area contributed by atoms with Crippen molar-refractivity contribution in [1.82, 2.24) is 0 Å². The summed E-state index contributed by atoms with van der Waals surface area (Å²) >= 11 is 0. The first-order valence-corrected chi connectivity index (χ1v) is 8.96. The Labute approximate surface area is 142 Å². The molecule has 0 spiro atoms. The molecular weight excluding hydrogens is 304 g/mol. The lowest BCUT2D eigenvalue weighted by atomic mass is 9.50. The summed E-state index contributed by atoms with van der Waals surface area (Å²) in [6, 6.07) is 6.74. The van der Waals surface area contributed by atoms with Gasteiger partial charge in [-0.3, -0.25) is 4.79 Å². The predicted octanol–water partition coefficient (Wildman–Crippen LogP) is 3.64. The Morgan fingerprint density at radius 2 is 1.67 bits per heavy atom. The third kappa shape index (κ3) is 2.72. The van der Waals surface area contributed by atoms with Crippen molar-refractivity contribution in [1.29, 1.82) is 0 Å². The molecule has 0 amide bonds. The van der Waals surface area contributed by atoms with Crippen molar-refractivity contribution in [2.75, 3.05) is 6.61 Å². The molecule has 1 aromatic carbocycles. The minimum atomic E-state index is -0.310. The van der Waals surface area contributed by atoms with Crippen LogP contribution in [0.25, 0.3) is 0 Å². The molecule has 4 aliphatic rings. The second-order valence-corrected chi connectivity index (χ2v) is 7.94. The van der Waals surface area contributed by atoms with Gasteiger partial charge in [-0.05, 0) is 87.0 Å². The van der Waals surface area contributed by atoms with Crippen LogP contribution in [0, 0.1) is 23.7 Å². The summed E-state index contributed by atoms with van der Waals surface area (Å²) in [5.74, 6) is 3.03. The van der Waals surface area contributed by atoms with E-state index in [0.717, 1.165) is 18.1 Å². The summed E-state index contributed by atoms with van der Waals surface area (Å²) in [4.78, 5) is 23.0. The van der Waals surface area contributed by atoms with Gasteiger partial charge in [0.15, 0.2) is 6.61 Å². The molecule has 4 nitrogen and oxygen atoms in total. The van der Waals surface area contributed by atoms with Crippen molar-refractivity contribution >= 4 is 12.3 Å². The zero-order valence-electron chi connectivity index (χ0n) is 14.1. The summed E-state index contributed by atoms with van der Waals surface area (Å²) in [6.45, 7) is 2.05. The van der Waals surface area contributed by atoms with E-state index < -0.39 is 0 Å². The fourth-order valence-corrected chi connectivity index (χ4v) is 5.35. The largest absolute Gasteiger partial charge is 0.482 e. The molecule has 4 bridgehead atoms. The first-order valence-electron chi connectivity index (χ1n) is 8.96. The highest BCUT2D eigenvalue weighted by molar-refractivity contribution is 5.75. The van der Waals surface area contributed by atoms with Crippen molar-refractivity contribution < 1.29 is 19.1 Å². The molecule has 4 aliphatic carbocycles. The summed E-state index contributed by atoms with van der Waals surface area (Å²) in [5, 5.41) is 0. The number of hydrogen-bond donors (Lipinski definition) is 0. The average Bonchev–Trinajstić information content (AvgIpc) is 2.58. The van der Waals surface area contributed by atoms with E-state index in [2.05, 4.69) is 6.92 Å². The average molecular weight is 328 g/mol. The van der Waals surface area contributed by atoms with Crippen molar-refractivity contribution in [2.45, 2.75) is 44.6 Å². The minimum absolute atomic E-state index is 0.0810. The van der Waals surface area contributed by atoms with Crippen LogP contribution in [0.4, 0.5) is 0 Å². The fourth-order valence-electron chi connectivity index (χ4n) is 5.35. The Morgan fingerprint density at radius 3 is 2.21 bits per heavy atom. The molecule has 4 heteroatoms. The van der Waals surface area contributed by atoms with Gasteiger partial charge in [0.05, 0.1) is 0 Å². The smallest absolute Gasteiger partial charge is 0.344 e. The van der Waals surface area contributed by atoms with Crippen molar-refractivity contribution in [3.05, 3.63) is 29.8 Å². The topological polar surface area (TPSA) is 52.6 Å². The van der Waals surface area contributed by atoms with Crippen LogP contribution in [0.3, 0.4) is 0 Å². The molecular formula is C20H24O4. The summed E-state index contributed by atoms with van der Waals surface area (Å²) in [5.41, 5.74) is 0.279. The van der Waals surface area contributed by atoms with Crippen LogP contribution in [0.2, 0.25) is 0 Å². The Kier molecular flexibility index (Phi) is 3.86. The molecule has 1 aromatic rings. The normalized spacial score (nSPS) is 36.4. The van der Waals surface area contributed by atoms with E-state index in [0.29, 0.717) is 23.1 Å². The van der Waals surface area contributed by atoms with Gasteiger partial charge >= 0.3 is 5.97 Å². The van der Waals surface area contributed by atoms with Gasteiger partial charge in [-0.2, -0.15) is 0 Å². The third-order valence-corrected chi connectivity index (χ3v) is 6.47. The number of aldehydes is 1. The zero-order chi connectivity index (χ0) is 16.7. The first kappa shape index (κ1) is 15.7. The Hall–Kier alpha value is -1.84. The molecule has 0 N–H and O–H groups in total. The van der Waals surface area contributed by atoms with Crippen LogP contribution in [0.15, 0.2) is 24.3 Å². The maximum Gasteiger partial charge on any atom is 0.344 e. The van der Waals surface area contributed by atoms with E-state index in [-0.39, 0.29) is 18.2 Å². The Morgan fingerprint density at radius 1 is 1.08 bits per heavy atom. The molecule has 24 heavy (non-hydrogen) atoms. The van der Waals surface area contributed by atoms with Gasteiger partial charge in [-0.15, -0.1) is 0 Å². The van der Waals surface area contributed by atoms with E-state index in [1.807, 2.05) is 0 Å². The molecule has 128 valence electrons. The van der Waals surface area contributed by atoms with Crippen LogP contribution < -0.4 is 4.74 Å². The number of carbonyl (C=O) groups excluding carboxylic acids is 2. The van der Waals surface area contributed by atoms with E-state index >= 15 is 0 Å². The summed E-state index contributed by atoms with van der Waals surface area (Å²) in [6.07, 6.45) is 7.02. The van der Waals surface area contributed by atoms with E-state index in [4.69, 9.17) is 9.47 Å². The molecule has 0 radical (unpaired) electrons. The molecule has 4 fully saturated rings. The van der Waals surface area contributed by atoms with Gasteiger partial charge in [-0.25, -0.2) is 4.79 Å². The van der Waals surface area contributed by atoms with E-state index in [1.54, 1.807) is 24.3 Å². The van der Waals surface area contributed by atoms with Crippen molar-refractivity contribution in [2.24, 2.45) is 23.7 Å². The predicted molar refractivity (Wildman–Crippen MR) is 88.9 cm³/mol. The summed E-state index contributed by atoms with van der Waals surface area (Å²) in [7, 11) is 0. The quantitative estimate of drug-likeness (QED) is 0.612. The molecule has 0 heterocycles. The molecule has 0 atom stereocenters. The molecule has 0 unspecified atom stereocenters. The van der Waals surface area contributed by atoms with Crippen LogP contribution >= 0.6 is 0 Å². The van der Waals surface area contributed by atoms with Gasteiger partial charge in [0.1, 0.15) is 17.6 Å². The van der Waals surface area contributed by atoms with Crippen LogP contribution in [0.1, 0.15) is 49.4 Å². The first-order chi connectivity index (χ1) is 11.6. The Bertz CT molecular complexity index is 606. The highest BCUT2D eigenvalue weighted by Gasteiger charge is 2.57. The molecule has 4 saturated carbocycles. The zero-order valence-corrected chi connectivity index (χ0v) is 14.1. The number of carbonyl (C=O) groups is 2. The molecule has 0 aliphatic heterocycles. The van der Waals surface area contributed by atoms with Crippen molar-refractivity contribution in [3.63, 3.8) is 0 Å². The van der Waals surface area contributed by atoms with Crippen LogP contribution in [-0.4, -0.2) is 24.5 Å². The van der Waals surface area contributed by atoms with Crippen molar-refractivity contribution in [3.8, 4) is 5.75 Å². The second kappa shape index (κ2) is 5.91. The Balaban J connectivity index is 1.36. The molecule has 5 rings (SSSR count). The van der Waals surface area contributed by atoms with Gasteiger partial charge in [0.25, 0.3) is 0 Å². The van der Waals surface area contributed by atoms with Gasteiger partial charge in [0, 0.05) is 5.56 Å². The number of esters is 1. The van der Waals surface area contributed by atoms with Gasteiger partial charge in [-0.1, -0.05) is 0 Å². The standard InChI is InChI=1S/C20H24O4/c1-20(16-7-14-6-15(9-16)10-17(20)8-14)24-19(22)12-23-18-4-2-13(11-21)3-5-18/h2-5,11,14-17H,6-10,12H2,1H3. The van der Waals surface area contributed by atoms with E-state index in [1.165, 1.54) is 32.1 Å². The SMILES string of the molecule is CC1(OC(=O)COc2ccc(C=O)cc2)C2CC3CC(C2)CC1C3. The lowest BCUT2D eigenvalue weighted by molar-refractivity contribution is -0.204. The highest BCUT2D eigenvalue weighted by atomic mass is 16.6. The monoisotopic (exact) mass is 328 g/mol. The summed E-state index contributed by atoms with van der Waals surface area (Å²) < 4.78 is 11.5. The number of rotatable bonds is 5. The van der Waals surface area contributed by atoms with Gasteiger partial charge < -0.3 is 9.47 Å². The van der Waals surface area contributed by atoms with E-state index in [9.17, 15) is 9.59 Å². The maximum atomic E-state index is 12.3. The lowest BCUT2D eigenvalue weighted by Crippen LogP contribution is -2.58. The fraction of sp³-hybridized carbons (Fsp3) is 0.600. The van der Waals surface area contributed by atoms with Crippen LogP contribution in [-0.2, 0) is 9.53 Å². The minimum Gasteiger partial charge on any atom is -0.482 e. The number of hydrogen-bond acceptors (Lipinski definition) is 4. The maximum absolute atomic E-state index is 12.3. The lowest BCUT2D eigenvalue weighted by Gasteiger charge is -2.59. The van der Waals surface area contributed by atoms with Gasteiger partial charge in [0.2, 0.25) is 0 Å². The molecule has 0 saturated heterocycles. The second-order valence-electron chi connectivity index (χ2n) is 7.94.